The average molecular weight is 1440 g/mol. The van der Waals surface area contributed by atoms with Crippen molar-refractivity contribution in [2.75, 3.05) is 0 Å². The molecule has 0 bridgehead atoms. The summed E-state index contributed by atoms with van der Waals surface area (Å²) in [5.41, 5.74) is 22.7. The molecular weight excluding hydrogens is 1370 g/mol. The lowest BCUT2D eigenvalue weighted by molar-refractivity contribution is 0.669. The number of hydrogen-bond donors (Lipinski definition) is 0. The van der Waals surface area contributed by atoms with E-state index in [9.17, 15) is 0 Å². The van der Waals surface area contributed by atoms with Crippen molar-refractivity contribution in [3.63, 3.8) is 0 Å². The molecule has 0 amide bonds. The van der Waals surface area contributed by atoms with Crippen molar-refractivity contribution < 1.29 is 4.42 Å². The number of nitrogens with zero attached hydrogens (tertiary/aromatic N) is 6. The molecule has 7 nitrogen and oxygen atoms in total. The molecule has 0 aliphatic carbocycles. The summed E-state index contributed by atoms with van der Waals surface area (Å²) in [6.45, 7) is 0. The number of aromatic nitrogens is 6. The molecule has 8 aromatic heterocycles. The van der Waals surface area contributed by atoms with Crippen molar-refractivity contribution in [1.82, 2.24) is 27.4 Å². The maximum absolute atomic E-state index is 6.13. The summed E-state index contributed by atoms with van der Waals surface area (Å²) in [5.74, 6) is 0. The summed E-state index contributed by atoms with van der Waals surface area (Å²) in [7, 11) is 2.16. The minimum Gasteiger partial charge on any atom is -0.456 e. The Morgan fingerprint density at radius 2 is 0.441 bits per heavy atom. The zero-order valence-corrected chi connectivity index (χ0v) is 61.3. The fourth-order valence-corrected chi connectivity index (χ4v) is 18.8. The van der Waals surface area contributed by atoms with E-state index in [-0.39, 0.29) is 0 Å². The fourth-order valence-electron chi connectivity index (χ4n) is 17.7. The minimum absolute atomic E-state index is 0.929. The number of para-hydroxylation sites is 12. The molecule has 0 saturated heterocycles. The average Bonchev–Trinajstić information content (AvgIpc) is 1.59. The number of fused-ring (bicyclic) bond motifs is 24. The monoisotopic (exact) mass is 1440 g/mol. The largest absolute Gasteiger partial charge is 0.456 e. The van der Waals surface area contributed by atoms with Crippen LogP contribution in [0.2, 0.25) is 0 Å². The molecule has 25 rings (SSSR count). The Labute approximate surface area is 641 Å². The van der Waals surface area contributed by atoms with Crippen LogP contribution in [0.4, 0.5) is 0 Å². The second kappa shape index (κ2) is 25.9. The van der Waals surface area contributed by atoms with Crippen LogP contribution in [0, 0.1) is 0 Å². The Morgan fingerprint density at radius 1 is 0.171 bits per heavy atom. The van der Waals surface area contributed by atoms with Gasteiger partial charge in [0, 0.05) is 143 Å². The number of benzene rings is 17. The van der Waals surface area contributed by atoms with Gasteiger partial charge in [0.2, 0.25) is 0 Å². The zero-order valence-electron chi connectivity index (χ0n) is 60.5. The van der Waals surface area contributed by atoms with E-state index in [1.54, 1.807) is 0 Å². The summed E-state index contributed by atoms with van der Waals surface area (Å²) >= 11 is 1.88. The molecule has 25 aromatic rings. The Morgan fingerprint density at radius 3 is 0.838 bits per heavy atom. The van der Waals surface area contributed by atoms with Crippen molar-refractivity contribution in [2.45, 2.75) is 0 Å². The highest BCUT2D eigenvalue weighted by Crippen LogP contribution is 2.45. The van der Waals surface area contributed by atoms with Gasteiger partial charge in [0.15, 0.2) is 0 Å². The normalized spacial score (nSPS) is 11.8. The second-order valence-corrected chi connectivity index (χ2v) is 29.8. The van der Waals surface area contributed by atoms with Gasteiger partial charge in [-0.25, -0.2) is 0 Å². The first-order chi connectivity index (χ1) is 55.0. The summed E-state index contributed by atoms with van der Waals surface area (Å²) in [4.78, 5) is 0. The van der Waals surface area contributed by atoms with Crippen LogP contribution in [0.15, 0.2) is 399 Å². The van der Waals surface area contributed by atoms with Gasteiger partial charge in [-0.1, -0.05) is 237 Å². The molecule has 0 fully saturated rings. The van der Waals surface area contributed by atoms with Gasteiger partial charge in [0.25, 0.3) is 0 Å². The Balaban J connectivity index is 0.0000000913. The van der Waals surface area contributed by atoms with Gasteiger partial charge in [-0.15, -0.1) is 11.3 Å². The summed E-state index contributed by atoms with van der Waals surface area (Å²) in [6, 6.07) is 141. The minimum atomic E-state index is 0.929. The highest BCUT2D eigenvalue weighted by Gasteiger charge is 2.22. The SMILES string of the molecule is Cn1c2ccccc2c2cc3c4ccccc4n(-c4ccccc4)c3cc21.c1ccc(-n2c3ccccc3c3cc4c(cc32)oc2ccccc24)cc1.c1ccc(-n2c3ccccc3c3cc4c(cc32)sc2ccccc24)cc1.c1ccc(-n2c3ccccc3c3cc4c5ccccc5n(-c5ccccc5)c4cc32)cc1. The molecule has 111 heavy (non-hydrogen) atoms. The molecular formula is C103H68N6OS. The standard InChI is InChI=1S/C30H20N2.C25H18N2.C24H15NO.C24H15NS/c1-3-11-21(12-4-1)31-27-17-9-7-15-23(27)25-19-26-24-16-8-10-18-28(24)32(30(26)20-29(25)31)22-13-5-2-6-14-22;1-26-22-13-7-5-11-18(22)20-15-21-19-12-6-8-14-23(19)27(25(21)16-24(20)26)17-9-3-2-4-10-17;2*1-2-8-16(9-3-1)25-21-12-6-4-10-17(21)19-14-20-18-11-5-7-13-23(18)26-24(20)15-22(19)25/h1-20H;2-16H,1H3;2*1-15H. The van der Waals surface area contributed by atoms with Crippen molar-refractivity contribution >= 4 is 184 Å². The summed E-state index contributed by atoms with van der Waals surface area (Å²) in [6.07, 6.45) is 0. The van der Waals surface area contributed by atoms with Crippen LogP contribution in [-0.4, -0.2) is 27.4 Å². The van der Waals surface area contributed by atoms with Crippen LogP contribution in [0.1, 0.15) is 0 Å². The summed E-state index contributed by atoms with van der Waals surface area (Å²) < 4.78 is 23.0. The third kappa shape index (κ3) is 10.3. The van der Waals surface area contributed by atoms with E-state index in [1.165, 1.54) is 185 Å². The number of rotatable bonds is 5. The number of aryl methyl sites for hydroxylation is 1. The predicted octanol–water partition coefficient (Wildman–Crippen LogP) is 28.1. The molecule has 0 aliphatic heterocycles. The molecule has 0 N–H and O–H groups in total. The van der Waals surface area contributed by atoms with E-state index in [1.807, 2.05) is 23.5 Å². The molecule has 0 aliphatic rings. The smallest absolute Gasteiger partial charge is 0.137 e. The van der Waals surface area contributed by atoms with E-state index in [0.717, 1.165) is 16.9 Å². The lowest BCUT2D eigenvalue weighted by atomic mass is 10.1. The Hall–Kier alpha value is -14.4. The molecule has 0 unspecified atom stereocenters. The quantitative estimate of drug-likeness (QED) is 0.169. The first-order valence-corrected chi connectivity index (χ1v) is 38.7. The van der Waals surface area contributed by atoms with E-state index >= 15 is 0 Å². The first-order valence-electron chi connectivity index (χ1n) is 37.9. The predicted molar refractivity (Wildman–Crippen MR) is 472 cm³/mol. The van der Waals surface area contributed by atoms with Gasteiger partial charge in [-0.2, -0.15) is 0 Å². The number of thiophene rings is 1. The van der Waals surface area contributed by atoms with Crippen molar-refractivity contribution in [1.29, 1.82) is 0 Å². The second-order valence-electron chi connectivity index (χ2n) is 28.7. The van der Waals surface area contributed by atoms with E-state index in [4.69, 9.17) is 4.42 Å². The van der Waals surface area contributed by atoms with Crippen molar-refractivity contribution in [2.24, 2.45) is 7.05 Å². The highest BCUT2D eigenvalue weighted by molar-refractivity contribution is 7.25. The third-order valence-electron chi connectivity index (χ3n) is 22.6. The van der Waals surface area contributed by atoms with Gasteiger partial charge in [0.1, 0.15) is 11.2 Å². The van der Waals surface area contributed by atoms with Gasteiger partial charge in [-0.05, 0) is 152 Å². The zero-order chi connectivity index (χ0) is 73.2. The van der Waals surface area contributed by atoms with Crippen LogP contribution in [0.25, 0.3) is 201 Å². The molecule has 0 spiro atoms. The maximum atomic E-state index is 6.13. The van der Waals surface area contributed by atoms with E-state index < -0.39 is 0 Å². The Bertz CT molecular complexity index is 7600. The molecule has 0 radical (unpaired) electrons. The lowest BCUT2D eigenvalue weighted by Gasteiger charge is -2.10. The third-order valence-corrected chi connectivity index (χ3v) is 23.7. The van der Waals surface area contributed by atoms with E-state index in [2.05, 4.69) is 417 Å². The van der Waals surface area contributed by atoms with Crippen LogP contribution < -0.4 is 0 Å². The molecule has 17 aromatic carbocycles. The highest BCUT2D eigenvalue weighted by atomic mass is 32.1. The number of hydrogen-bond acceptors (Lipinski definition) is 2. The topological polar surface area (TPSA) is 42.7 Å². The molecule has 0 atom stereocenters. The van der Waals surface area contributed by atoms with Gasteiger partial charge in [0.05, 0.1) is 60.7 Å². The number of furan rings is 1. The fraction of sp³-hybridized carbons (Fsp3) is 0.00971. The molecule has 8 heterocycles. The lowest BCUT2D eigenvalue weighted by Crippen LogP contribution is -1.95. The van der Waals surface area contributed by atoms with E-state index in [0.29, 0.717) is 0 Å². The van der Waals surface area contributed by atoms with Crippen LogP contribution in [-0.2, 0) is 7.05 Å². The van der Waals surface area contributed by atoms with Crippen molar-refractivity contribution in [3.8, 4) is 28.4 Å². The molecule has 8 heteroatoms. The van der Waals surface area contributed by atoms with Gasteiger partial charge >= 0.3 is 0 Å². The maximum Gasteiger partial charge on any atom is 0.137 e. The summed E-state index contributed by atoms with van der Waals surface area (Å²) in [5, 5.41) is 20.6. The van der Waals surface area contributed by atoms with Gasteiger partial charge in [-0.3, -0.25) is 0 Å². The van der Waals surface area contributed by atoms with Crippen LogP contribution >= 0.6 is 11.3 Å². The molecule has 522 valence electrons. The van der Waals surface area contributed by atoms with Gasteiger partial charge < -0.3 is 31.8 Å². The van der Waals surface area contributed by atoms with Crippen LogP contribution in [0.3, 0.4) is 0 Å². The van der Waals surface area contributed by atoms with Crippen LogP contribution in [0.5, 0.6) is 0 Å². The Kier molecular flexibility index (Phi) is 14.9. The first kappa shape index (κ1) is 63.8. The molecule has 0 saturated carbocycles. The van der Waals surface area contributed by atoms with Crippen molar-refractivity contribution in [3.05, 3.63) is 394 Å².